The summed E-state index contributed by atoms with van der Waals surface area (Å²) in [5.41, 5.74) is 3.90. The smallest absolute Gasteiger partial charge is 0.224 e. The van der Waals surface area contributed by atoms with Gasteiger partial charge in [0.25, 0.3) is 0 Å². The molecule has 0 saturated heterocycles. The Bertz CT molecular complexity index is 995. The molecule has 0 bridgehead atoms. The second-order valence-electron chi connectivity index (χ2n) is 7.12. The van der Waals surface area contributed by atoms with Crippen LogP contribution in [0.15, 0.2) is 42.5 Å². The third-order valence-corrected chi connectivity index (χ3v) is 4.91. The molecule has 29 heavy (non-hydrogen) atoms. The predicted octanol–water partition coefficient (Wildman–Crippen LogP) is 2.97. The van der Waals surface area contributed by atoms with Gasteiger partial charge in [0.2, 0.25) is 11.8 Å². The van der Waals surface area contributed by atoms with Crippen LogP contribution < -0.4 is 15.4 Å². The number of carbonyl (C=O) groups is 2. The van der Waals surface area contributed by atoms with E-state index in [9.17, 15) is 9.59 Å². The summed E-state index contributed by atoms with van der Waals surface area (Å²) in [4.78, 5) is 31.2. The molecule has 3 aromatic rings. The van der Waals surface area contributed by atoms with Crippen molar-refractivity contribution in [2.45, 2.75) is 32.1 Å². The number of anilines is 1. The van der Waals surface area contributed by atoms with Gasteiger partial charge >= 0.3 is 0 Å². The average Bonchev–Trinajstić information content (AvgIpc) is 3.14. The van der Waals surface area contributed by atoms with E-state index in [4.69, 9.17) is 4.74 Å². The summed E-state index contributed by atoms with van der Waals surface area (Å²) in [6, 6.07) is 13.6. The Morgan fingerprint density at radius 2 is 2.07 bits per heavy atom. The van der Waals surface area contributed by atoms with Crippen molar-refractivity contribution in [3.8, 4) is 5.75 Å². The maximum absolute atomic E-state index is 12.0. The van der Waals surface area contributed by atoms with Gasteiger partial charge in [-0.25, -0.2) is 4.98 Å². The van der Waals surface area contributed by atoms with Gasteiger partial charge in [0.05, 0.1) is 17.6 Å². The molecule has 0 unspecified atom stereocenters. The Labute approximate surface area is 168 Å². The number of imidazole rings is 1. The summed E-state index contributed by atoms with van der Waals surface area (Å²) < 4.78 is 5.75. The van der Waals surface area contributed by atoms with E-state index in [1.165, 1.54) is 0 Å². The molecule has 0 aliphatic carbocycles. The Balaban J connectivity index is 1.14. The molecule has 0 saturated carbocycles. The van der Waals surface area contributed by atoms with Gasteiger partial charge < -0.3 is 20.4 Å². The quantitative estimate of drug-likeness (QED) is 0.514. The molecule has 4 rings (SSSR count). The molecule has 2 amide bonds. The average molecular weight is 392 g/mol. The van der Waals surface area contributed by atoms with E-state index in [0.29, 0.717) is 38.8 Å². The summed E-state index contributed by atoms with van der Waals surface area (Å²) in [5, 5.41) is 5.78. The molecule has 0 radical (unpaired) electrons. The molecular weight excluding hydrogens is 368 g/mol. The van der Waals surface area contributed by atoms with E-state index in [2.05, 4.69) is 20.6 Å². The van der Waals surface area contributed by atoms with Crippen LogP contribution in [0.2, 0.25) is 0 Å². The first-order valence-corrected chi connectivity index (χ1v) is 9.93. The number of H-pyrrole nitrogens is 1. The van der Waals surface area contributed by atoms with Gasteiger partial charge in [0.15, 0.2) is 0 Å². The normalized spacial score (nSPS) is 13.0. The van der Waals surface area contributed by atoms with Crippen molar-refractivity contribution in [1.82, 2.24) is 15.3 Å². The van der Waals surface area contributed by atoms with Crippen molar-refractivity contribution < 1.29 is 14.3 Å². The Hall–Kier alpha value is -3.35. The van der Waals surface area contributed by atoms with Gasteiger partial charge in [-0.15, -0.1) is 0 Å². The first-order valence-electron chi connectivity index (χ1n) is 9.93. The summed E-state index contributed by atoms with van der Waals surface area (Å²) in [6.07, 6.45) is 2.96. The number of hydrogen-bond donors (Lipinski definition) is 3. The topological polar surface area (TPSA) is 96.1 Å². The minimum atomic E-state index is 0.0119. The minimum Gasteiger partial charge on any atom is -0.494 e. The van der Waals surface area contributed by atoms with Crippen LogP contribution >= 0.6 is 0 Å². The molecule has 3 N–H and O–H groups in total. The van der Waals surface area contributed by atoms with Crippen LogP contribution in [0.25, 0.3) is 11.0 Å². The fourth-order valence-corrected chi connectivity index (χ4v) is 3.41. The zero-order valence-corrected chi connectivity index (χ0v) is 16.2. The van der Waals surface area contributed by atoms with Crippen LogP contribution in [0.4, 0.5) is 5.69 Å². The monoisotopic (exact) mass is 392 g/mol. The highest BCUT2D eigenvalue weighted by Gasteiger charge is 2.15. The largest absolute Gasteiger partial charge is 0.494 e. The minimum absolute atomic E-state index is 0.0119. The van der Waals surface area contributed by atoms with Crippen molar-refractivity contribution in [2.24, 2.45) is 0 Å². The number of fused-ring (bicyclic) bond motifs is 2. The first-order chi connectivity index (χ1) is 14.2. The lowest BCUT2D eigenvalue weighted by molar-refractivity contribution is -0.121. The van der Waals surface area contributed by atoms with Gasteiger partial charge in [-0.1, -0.05) is 12.1 Å². The molecule has 1 aliphatic heterocycles. The van der Waals surface area contributed by atoms with Crippen molar-refractivity contribution in [3.05, 3.63) is 53.9 Å². The molecule has 150 valence electrons. The first kappa shape index (κ1) is 19.0. The molecule has 7 nitrogen and oxygen atoms in total. The van der Waals surface area contributed by atoms with Crippen molar-refractivity contribution in [3.63, 3.8) is 0 Å². The van der Waals surface area contributed by atoms with E-state index in [0.717, 1.165) is 40.3 Å². The standard InChI is InChI=1S/C22H24N4O3/c27-21(23-12-11-20-24-18-4-1-2-5-19(18)25-20)6-3-13-29-16-8-9-17-15(14-16)7-10-22(28)26-17/h1-2,4-5,8-9,14H,3,6-7,10-13H2,(H,23,27)(H,24,25)(H,26,28). The molecule has 0 atom stereocenters. The van der Waals surface area contributed by atoms with Gasteiger partial charge in [0, 0.05) is 31.5 Å². The fourth-order valence-electron chi connectivity index (χ4n) is 3.41. The molecule has 2 heterocycles. The molecule has 0 spiro atoms. The molecule has 2 aromatic carbocycles. The Morgan fingerprint density at radius 1 is 1.17 bits per heavy atom. The number of hydrogen-bond acceptors (Lipinski definition) is 4. The fraction of sp³-hybridized carbons (Fsp3) is 0.318. The zero-order chi connectivity index (χ0) is 20.1. The van der Waals surface area contributed by atoms with Crippen LogP contribution in [0, 0.1) is 0 Å². The third kappa shape index (κ3) is 4.93. The van der Waals surface area contributed by atoms with Crippen LogP contribution in [0.1, 0.15) is 30.7 Å². The van der Waals surface area contributed by atoms with Crippen LogP contribution in [0.3, 0.4) is 0 Å². The number of nitrogens with zero attached hydrogens (tertiary/aromatic N) is 1. The van der Waals surface area contributed by atoms with Crippen molar-refractivity contribution in [2.75, 3.05) is 18.5 Å². The van der Waals surface area contributed by atoms with E-state index < -0.39 is 0 Å². The molecular formula is C22H24N4O3. The van der Waals surface area contributed by atoms with Crippen LogP contribution in [-0.2, 0) is 22.4 Å². The second-order valence-corrected chi connectivity index (χ2v) is 7.12. The second kappa shape index (κ2) is 8.77. The molecule has 0 fully saturated rings. The number of benzene rings is 2. The number of aromatic amines is 1. The van der Waals surface area contributed by atoms with Crippen molar-refractivity contribution in [1.29, 1.82) is 0 Å². The maximum atomic E-state index is 12.0. The van der Waals surface area contributed by atoms with E-state index in [1.54, 1.807) is 0 Å². The van der Waals surface area contributed by atoms with Gasteiger partial charge in [-0.05, 0) is 48.7 Å². The Morgan fingerprint density at radius 3 is 2.97 bits per heavy atom. The van der Waals surface area contributed by atoms with Gasteiger partial charge in [-0.3, -0.25) is 9.59 Å². The van der Waals surface area contributed by atoms with Crippen LogP contribution in [0.5, 0.6) is 5.75 Å². The lowest BCUT2D eigenvalue weighted by Gasteiger charge is -2.17. The molecule has 1 aliphatic rings. The SMILES string of the molecule is O=C(CCCOc1ccc2c(c1)CCC(=O)N2)NCCc1nc2ccccc2[nH]1. The highest BCUT2D eigenvalue weighted by Crippen LogP contribution is 2.26. The van der Waals surface area contributed by atoms with Crippen LogP contribution in [-0.4, -0.2) is 34.9 Å². The zero-order valence-electron chi connectivity index (χ0n) is 16.2. The van der Waals surface area contributed by atoms with Crippen molar-refractivity contribution >= 4 is 28.5 Å². The number of amides is 2. The number of ether oxygens (including phenoxy) is 1. The summed E-state index contributed by atoms with van der Waals surface area (Å²) >= 11 is 0. The highest BCUT2D eigenvalue weighted by molar-refractivity contribution is 5.94. The number of aromatic nitrogens is 2. The number of para-hydroxylation sites is 2. The van der Waals surface area contributed by atoms with E-state index >= 15 is 0 Å². The maximum Gasteiger partial charge on any atom is 0.224 e. The number of nitrogens with one attached hydrogen (secondary N) is 3. The van der Waals surface area contributed by atoms with E-state index in [-0.39, 0.29) is 11.8 Å². The number of carbonyl (C=O) groups excluding carboxylic acids is 2. The summed E-state index contributed by atoms with van der Waals surface area (Å²) in [6.45, 7) is 1.03. The van der Waals surface area contributed by atoms with Gasteiger partial charge in [-0.2, -0.15) is 0 Å². The molecule has 1 aromatic heterocycles. The summed E-state index contributed by atoms with van der Waals surface area (Å²) in [7, 11) is 0. The number of aryl methyl sites for hydroxylation is 1. The predicted molar refractivity (Wildman–Crippen MR) is 111 cm³/mol. The third-order valence-electron chi connectivity index (χ3n) is 4.91. The lowest BCUT2D eigenvalue weighted by atomic mass is 10.0. The highest BCUT2D eigenvalue weighted by atomic mass is 16.5. The van der Waals surface area contributed by atoms with E-state index in [1.807, 2.05) is 42.5 Å². The summed E-state index contributed by atoms with van der Waals surface area (Å²) in [5.74, 6) is 1.71. The lowest BCUT2D eigenvalue weighted by Crippen LogP contribution is -2.26. The molecule has 7 heteroatoms. The number of rotatable bonds is 8. The van der Waals surface area contributed by atoms with Gasteiger partial charge in [0.1, 0.15) is 11.6 Å². The Kier molecular flexibility index (Phi) is 5.74.